The SMILES string of the molecule is COc1ccc2c(c1)c1c(n2C)C2=C(CC1)N(C)N=CC2. The molecular weight excluding hydrogens is 262 g/mol. The van der Waals surface area contributed by atoms with E-state index in [9.17, 15) is 0 Å². The van der Waals surface area contributed by atoms with Crippen LogP contribution in [0.1, 0.15) is 24.1 Å². The van der Waals surface area contributed by atoms with E-state index in [2.05, 4.69) is 28.8 Å². The number of rotatable bonds is 1. The Morgan fingerprint density at radius 2 is 2.05 bits per heavy atom. The third-order valence-electron chi connectivity index (χ3n) is 4.70. The van der Waals surface area contributed by atoms with Gasteiger partial charge >= 0.3 is 0 Å². The molecule has 21 heavy (non-hydrogen) atoms. The number of allylic oxidation sites excluding steroid dienone is 2. The average Bonchev–Trinajstić information content (AvgIpc) is 2.80. The molecular formula is C17H19N3O. The summed E-state index contributed by atoms with van der Waals surface area (Å²) in [4.78, 5) is 0. The van der Waals surface area contributed by atoms with Gasteiger partial charge in [0, 0.05) is 48.9 Å². The van der Waals surface area contributed by atoms with Crippen molar-refractivity contribution in [2.75, 3.05) is 14.2 Å². The van der Waals surface area contributed by atoms with Gasteiger partial charge in [0.05, 0.1) is 12.8 Å². The van der Waals surface area contributed by atoms with E-state index in [1.54, 1.807) is 7.11 Å². The van der Waals surface area contributed by atoms with Crippen molar-refractivity contribution in [2.45, 2.75) is 19.3 Å². The van der Waals surface area contributed by atoms with Gasteiger partial charge in [-0.05, 0) is 36.6 Å². The predicted octanol–water partition coefficient (Wildman–Crippen LogP) is 3.17. The molecule has 1 aromatic carbocycles. The maximum absolute atomic E-state index is 5.40. The zero-order valence-corrected chi connectivity index (χ0v) is 12.7. The molecule has 1 aliphatic heterocycles. The first-order valence-corrected chi connectivity index (χ1v) is 7.34. The normalized spacial score (nSPS) is 17.2. The number of methoxy groups -OCH3 is 1. The highest BCUT2D eigenvalue weighted by atomic mass is 16.5. The molecule has 0 unspecified atom stereocenters. The lowest BCUT2D eigenvalue weighted by Gasteiger charge is -2.29. The Morgan fingerprint density at radius 1 is 1.19 bits per heavy atom. The molecule has 4 nitrogen and oxygen atoms in total. The van der Waals surface area contributed by atoms with Crippen molar-refractivity contribution in [3.63, 3.8) is 0 Å². The summed E-state index contributed by atoms with van der Waals surface area (Å²) in [5.41, 5.74) is 6.89. The number of aromatic nitrogens is 1. The van der Waals surface area contributed by atoms with Crippen LogP contribution in [-0.2, 0) is 13.5 Å². The molecule has 1 aromatic heterocycles. The number of ether oxygens (including phenoxy) is 1. The summed E-state index contributed by atoms with van der Waals surface area (Å²) in [6, 6.07) is 6.37. The van der Waals surface area contributed by atoms with E-state index in [1.165, 1.54) is 33.4 Å². The summed E-state index contributed by atoms with van der Waals surface area (Å²) in [5, 5.41) is 7.77. The number of hydrogen-bond donors (Lipinski definition) is 0. The summed E-state index contributed by atoms with van der Waals surface area (Å²) in [6.07, 6.45) is 5.06. The Kier molecular flexibility index (Phi) is 2.61. The Bertz CT molecular complexity index is 798. The van der Waals surface area contributed by atoms with Crippen molar-refractivity contribution >= 4 is 22.7 Å². The maximum atomic E-state index is 5.40. The van der Waals surface area contributed by atoms with Crippen LogP contribution in [0.5, 0.6) is 5.75 Å². The van der Waals surface area contributed by atoms with E-state index in [-0.39, 0.29) is 0 Å². The van der Waals surface area contributed by atoms with Crippen LogP contribution < -0.4 is 4.74 Å². The van der Waals surface area contributed by atoms with Gasteiger partial charge in [-0.3, -0.25) is 5.01 Å². The molecule has 0 spiro atoms. The highest BCUT2D eigenvalue weighted by Gasteiger charge is 2.28. The molecule has 2 aromatic rings. The topological polar surface area (TPSA) is 29.8 Å². The number of hydrazone groups is 1. The first-order valence-electron chi connectivity index (χ1n) is 7.34. The largest absolute Gasteiger partial charge is 0.497 e. The van der Waals surface area contributed by atoms with E-state index in [0.717, 1.165) is 25.0 Å². The number of fused-ring (bicyclic) bond motifs is 4. The second-order valence-corrected chi connectivity index (χ2v) is 5.72. The Labute approximate surface area is 124 Å². The summed E-state index contributed by atoms with van der Waals surface area (Å²) in [7, 11) is 5.93. The van der Waals surface area contributed by atoms with E-state index in [4.69, 9.17) is 4.74 Å². The molecule has 0 atom stereocenters. The van der Waals surface area contributed by atoms with Crippen molar-refractivity contribution in [2.24, 2.45) is 12.1 Å². The minimum absolute atomic E-state index is 0.925. The third kappa shape index (κ3) is 1.65. The van der Waals surface area contributed by atoms with Gasteiger partial charge in [-0.1, -0.05) is 0 Å². The Hall–Kier alpha value is -2.23. The van der Waals surface area contributed by atoms with Gasteiger partial charge in [-0.25, -0.2) is 0 Å². The van der Waals surface area contributed by atoms with E-state index in [1.807, 2.05) is 24.3 Å². The molecule has 0 saturated carbocycles. The summed E-state index contributed by atoms with van der Waals surface area (Å²) in [6.45, 7) is 0. The van der Waals surface area contributed by atoms with Crippen molar-refractivity contribution in [1.29, 1.82) is 0 Å². The molecule has 4 heteroatoms. The molecule has 4 rings (SSSR count). The molecule has 0 saturated heterocycles. The molecule has 108 valence electrons. The van der Waals surface area contributed by atoms with Crippen LogP contribution in [0, 0.1) is 0 Å². The smallest absolute Gasteiger partial charge is 0.119 e. The number of benzene rings is 1. The number of nitrogens with zero attached hydrogens (tertiary/aromatic N) is 3. The monoisotopic (exact) mass is 281 g/mol. The summed E-state index contributed by atoms with van der Waals surface area (Å²) in [5.74, 6) is 0.929. The van der Waals surface area contributed by atoms with Crippen LogP contribution in [0.15, 0.2) is 29.0 Å². The Balaban J connectivity index is 2.00. The molecule has 0 radical (unpaired) electrons. The molecule has 0 N–H and O–H groups in total. The fourth-order valence-electron chi connectivity index (χ4n) is 3.69. The zero-order valence-electron chi connectivity index (χ0n) is 12.7. The molecule has 0 fully saturated rings. The van der Waals surface area contributed by atoms with Gasteiger partial charge in [0.15, 0.2) is 0 Å². The van der Waals surface area contributed by atoms with Gasteiger partial charge in [-0.2, -0.15) is 5.10 Å². The summed E-state index contributed by atoms with van der Waals surface area (Å²) >= 11 is 0. The van der Waals surface area contributed by atoms with Gasteiger partial charge in [0.1, 0.15) is 5.75 Å². The lowest BCUT2D eigenvalue weighted by Crippen LogP contribution is -2.21. The second-order valence-electron chi connectivity index (χ2n) is 5.72. The lowest BCUT2D eigenvalue weighted by atomic mass is 9.90. The molecule has 0 amide bonds. The third-order valence-corrected chi connectivity index (χ3v) is 4.70. The molecule has 1 aliphatic carbocycles. The van der Waals surface area contributed by atoms with Gasteiger partial charge < -0.3 is 9.30 Å². The minimum atomic E-state index is 0.925. The van der Waals surface area contributed by atoms with E-state index in [0.29, 0.717) is 0 Å². The van der Waals surface area contributed by atoms with Crippen molar-refractivity contribution in [1.82, 2.24) is 9.58 Å². The minimum Gasteiger partial charge on any atom is -0.497 e. The van der Waals surface area contributed by atoms with Crippen LogP contribution in [0.25, 0.3) is 16.5 Å². The molecule has 0 bridgehead atoms. The first-order chi connectivity index (χ1) is 10.2. The second kappa shape index (κ2) is 4.38. The van der Waals surface area contributed by atoms with Crippen LogP contribution in [-0.4, -0.2) is 29.9 Å². The standard InChI is InChI=1S/C17H19N3O/c1-19-15-6-4-11(21-3)10-14(15)12-5-7-16-13(17(12)19)8-9-18-20(16)2/h4,6,9-10H,5,7-8H2,1-3H3. The number of hydrogen-bond acceptors (Lipinski definition) is 3. The van der Waals surface area contributed by atoms with Crippen LogP contribution in [0.3, 0.4) is 0 Å². The van der Waals surface area contributed by atoms with E-state index >= 15 is 0 Å². The molecule has 2 heterocycles. The van der Waals surface area contributed by atoms with Crippen molar-refractivity contribution in [3.8, 4) is 5.75 Å². The number of aryl methyl sites for hydroxylation is 2. The average molecular weight is 281 g/mol. The quantitative estimate of drug-likeness (QED) is 0.803. The highest BCUT2D eigenvalue weighted by Crippen LogP contribution is 2.41. The van der Waals surface area contributed by atoms with Crippen LogP contribution in [0.4, 0.5) is 0 Å². The first kappa shape index (κ1) is 12.5. The van der Waals surface area contributed by atoms with Crippen LogP contribution >= 0.6 is 0 Å². The predicted molar refractivity (Wildman–Crippen MR) is 85.6 cm³/mol. The Morgan fingerprint density at radius 3 is 2.86 bits per heavy atom. The zero-order chi connectivity index (χ0) is 14.6. The highest BCUT2D eigenvalue weighted by molar-refractivity contribution is 5.95. The molecule has 2 aliphatic rings. The lowest BCUT2D eigenvalue weighted by molar-refractivity contribution is 0.415. The van der Waals surface area contributed by atoms with Gasteiger partial charge in [-0.15, -0.1) is 0 Å². The van der Waals surface area contributed by atoms with E-state index < -0.39 is 0 Å². The fourth-order valence-corrected chi connectivity index (χ4v) is 3.69. The maximum Gasteiger partial charge on any atom is 0.119 e. The fraction of sp³-hybridized carbons (Fsp3) is 0.353. The van der Waals surface area contributed by atoms with Crippen LogP contribution in [0.2, 0.25) is 0 Å². The summed E-state index contributed by atoms with van der Waals surface area (Å²) < 4.78 is 7.72. The van der Waals surface area contributed by atoms with Gasteiger partial charge in [0.2, 0.25) is 0 Å². The van der Waals surface area contributed by atoms with Gasteiger partial charge in [0.25, 0.3) is 0 Å². The van der Waals surface area contributed by atoms with Crippen molar-refractivity contribution in [3.05, 3.63) is 35.2 Å². The van der Waals surface area contributed by atoms with Crippen molar-refractivity contribution < 1.29 is 4.74 Å².